The van der Waals surface area contributed by atoms with Crippen LogP contribution in [-0.2, 0) is 0 Å². The molecule has 0 bridgehead atoms. The average molecular weight is 278 g/mol. The summed E-state index contributed by atoms with van der Waals surface area (Å²) >= 11 is 1.23. The highest BCUT2D eigenvalue weighted by molar-refractivity contribution is 7.20. The Morgan fingerprint density at radius 1 is 1.42 bits per heavy atom. The van der Waals surface area contributed by atoms with Gasteiger partial charge in [-0.25, -0.2) is 4.98 Å². The molecule has 5 heteroatoms. The maximum atomic E-state index is 12.0. The summed E-state index contributed by atoms with van der Waals surface area (Å²) in [5.41, 5.74) is 0. The lowest BCUT2D eigenvalue weighted by atomic mass is 10.2. The number of nitrogens with one attached hydrogen (secondary N) is 1. The molecule has 2 aromatic rings. The molecule has 0 atom stereocenters. The summed E-state index contributed by atoms with van der Waals surface area (Å²) in [4.78, 5) is 17.2. The van der Waals surface area contributed by atoms with E-state index in [0.29, 0.717) is 21.6 Å². The van der Waals surface area contributed by atoms with Gasteiger partial charge in [0.15, 0.2) is 0 Å². The van der Waals surface area contributed by atoms with Gasteiger partial charge in [0.25, 0.3) is 5.91 Å². The highest BCUT2D eigenvalue weighted by atomic mass is 32.1. The number of unbranched alkanes of at least 4 members (excludes halogenated alkanes) is 3. The van der Waals surface area contributed by atoms with Crippen LogP contribution in [0.3, 0.4) is 0 Å². The summed E-state index contributed by atoms with van der Waals surface area (Å²) in [6.45, 7) is 2.81. The summed E-state index contributed by atoms with van der Waals surface area (Å²) < 4.78 is 0. The van der Waals surface area contributed by atoms with Gasteiger partial charge in [-0.2, -0.15) is 0 Å². The number of fused-ring (bicyclic) bond motifs is 1. The third-order valence-corrected chi connectivity index (χ3v) is 4.06. The monoisotopic (exact) mass is 278 g/mol. The Morgan fingerprint density at radius 2 is 2.26 bits per heavy atom. The van der Waals surface area contributed by atoms with Crippen molar-refractivity contribution in [2.24, 2.45) is 0 Å². The highest BCUT2D eigenvalue weighted by Crippen LogP contribution is 2.35. The SMILES string of the molecule is CCCCCCNC(=O)c1sc2ncccc2c1O. The second-order valence-electron chi connectivity index (χ2n) is 4.45. The Kier molecular flexibility index (Phi) is 4.74. The fourth-order valence-corrected chi connectivity index (χ4v) is 2.86. The summed E-state index contributed by atoms with van der Waals surface area (Å²) in [6, 6.07) is 3.52. The largest absolute Gasteiger partial charge is 0.506 e. The van der Waals surface area contributed by atoms with Crippen molar-refractivity contribution in [3.05, 3.63) is 23.2 Å². The van der Waals surface area contributed by atoms with Crippen molar-refractivity contribution < 1.29 is 9.90 Å². The smallest absolute Gasteiger partial charge is 0.265 e. The van der Waals surface area contributed by atoms with E-state index in [4.69, 9.17) is 0 Å². The van der Waals surface area contributed by atoms with Crippen molar-refractivity contribution in [1.29, 1.82) is 0 Å². The highest BCUT2D eigenvalue weighted by Gasteiger charge is 2.17. The topological polar surface area (TPSA) is 62.2 Å². The zero-order chi connectivity index (χ0) is 13.7. The van der Waals surface area contributed by atoms with Crippen LogP contribution in [0.1, 0.15) is 42.3 Å². The predicted molar refractivity (Wildman–Crippen MR) is 77.8 cm³/mol. The fraction of sp³-hybridized carbons (Fsp3) is 0.429. The third kappa shape index (κ3) is 3.23. The normalized spacial score (nSPS) is 10.8. The first-order chi connectivity index (χ1) is 9.24. The van der Waals surface area contributed by atoms with Crippen LogP contribution in [0.5, 0.6) is 5.75 Å². The van der Waals surface area contributed by atoms with Gasteiger partial charge in [0.1, 0.15) is 15.5 Å². The van der Waals surface area contributed by atoms with Gasteiger partial charge in [0, 0.05) is 12.7 Å². The molecular formula is C14H18N2O2S. The Balaban J connectivity index is 1.99. The van der Waals surface area contributed by atoms with Crippen molar-refractivity contribution >= 4 is 27.5 Å². The molecule has 0 saturated carbocycles. The van der Waals surface area contributed by atoms with Gasteiger partial charge in [0.05, 0.1) is 5.39 Å². The molecule has 2 aromatic heterocycles. The first-order valence-corrected chi connectivity index (χ1v) is 7.40. The van der Waals surface area contributed by atoms with E-state index < -0.39 is 0 Å². The molecule has 0 radical (unpaired) electrons. The predicted octanol–water partition coefficient (Wildman–Crippen LogP) is 3.31. The van der Waals surface area contributed by atoms with Crippen molar-refractivity contribution in [2.45, 2.75) is 32.6 Å². The van der Waals surface area contributed by atoms with Crippen molar-refractivity contribution in [1.82, 2.24) is 10.3 Å². The maximum absolute atomic E-state index is 12.0. The Hall–Kier alpha value is -1.62. The number of thiophene rings is 1. The van der Waals surface area contributed by atoms with Crippen LogP contribution in [0, 0.1) is 0 Å². The van der Waals surface area contributed by atoms with Gasteiger partial charge in [-0.1, -0.05) is 26.2 Å². The van der Waals surface area contributed by atoms with Crippen LogP contribution in [-0.4, -0.2) is 22.5 Å². The standard InChI is InChI=1S/C14H18N2O2S/c1-2-3-4-5-8-15-13(18)12-11(17)10-7-6-9-16-14(10)19-12/h6-7,9,17H,2-5,8H2,1H3,(H,15,18). The first-order valence-electron chi connectivity index (χ1n) is 6.58. The molecular weight excluding hydrogens is 260 g/mol. The molecule has 0 fully saturated rings. The van der Waals surface area contributed by atoms with E-state index in [2.05, 4.69) is 17.2 Å². The molecule has 2 rings (SSSR count). The van der Waals surface area contributed by atoms with E-state index in [9.17, 15) is 9.90 Å². The number of amides is 1. The Bertz CT molecular complexity index is 566. The number of rotatable bonds is 6. The van der Waals surface area contributed by atoms with Crippen molar-refractivity contribution in [3.63, 3.8) is 0 Å². The van der Waals surface area contributed by atoms with Gasteiger partial charge in [0.2, 0.25) is 0 Å². The summed E-state index contributed by atoms with van der Waals surface area (Å²) in [6.07, 6.45) is 6.12. The van der Waals surface area contributed by atoms with Crippen LogP contribution in [0.25, 0.3) is 10.2 Å². The number of nitrogens with zero attached hydrogens (tertiary/aromatic N) is 1. The molecule has 4 nitrogen and oxygen atoms in total. The molecule has 0 aromatic carbocycles. The minimum absolute atomic E-state index is 0.0409. The molecule has 0 aliphatic rings. The van der Waals surface area contributed by atoms with E-state index >= 15 is 0 Å². The van der Waals surface area contributed by atoms with Crippen LogP contribution in [0.4, 0.5) is 0 Å². The first kappa shape index (κ1) is 13.8. The zero-order valence-electron chi connectivity index (χ0n) is 11.0. The number of pyridine rings is 1. The molecule has 0 aliphatic carbocycles. The van der Waals surface area contributed by atoms with E-state index in [0.717, 1.165) is 12.8 Å². The minimum atomic E-state index is -0.211. The lowest BCUT2D eigenvalue weighted by molar-refractivity contribution is 0.0955. The number of aromatic nitrogens is 1. The molecule has 2 N–H and O–H groups in total. The number of carbonyl (C=O) groups excluding carboxylic acids is 1. The maximum Gasteiger partial charge on any atom is 0.265 e. The fourth-order valence-electron chi connectivity index (χ4n) is 1.91. The average Bonchev–Trinajstić information content (AvgIpc) is 2.76. The van der Waals surface area contributed by atoms with Crippen molar-refractivity contribution in [3.8, 4) is 5.75 Å². The van der Waals surface area contributed by atoms with E-state index in [1.807, 2.05) is 0 Å². The quantitative estimate of drug-likeness (QED) is 0.797. The minimum Gasteiger partial charge on any atom is -0.506 e. The number of aromatic hydroxyl groups is 1. The number of carbonyl (C=O) groups is 1. The molecule has 102 valence electrons. The number of hydrogen-bond donors (Lipinski definition) is 2. The molecule has 0 spiro atoms. The summed E-state index contributed by atoms with van der Waals surface area (Å²) in [5, 5.41) is 13.5. The lowest BCUT2D eigenvalue weighted by Crippen LogP contribution is -2.23. The zero-order valence-corrected chi connectivity index (χ0v) is 11.8. The van der Waals surface area contributed by atoms with Crippen LogP contribution in [0.2, 0.25) is 0 Å². The number of hydrogen-bond acceptors (Lipinski definition) is 4. The Labute approximate surface area is 116 Å². The molecule has 2 heterocycles. The van der Waals surface area contributed by atoms with Gasteiger partial charge in [-0.05, 0) is 18.6 Å². The molecule has 0 saturated heterocycles. The molecule has 0 unspecified atom stereocenters. The Morgan fingerprint density at radius 3 is 3.00 bits per heavy atom. The molecule has 19 heavy (non-hydrogen) atoms. The van der Waals surface area contributed by atoms with Gasteiger partial charge < -0.3 is 10.4 Å². The third-order valence-electron chi connectivity index (χ3n) is 2.96. The summed E-state index contributed by atoms with van der Waals surface area (Å²) in [5.74, 6) is -0.170. The van der Waals surface area contributed by atoms with Crippen LogP contribution < -0.4 is 5.32 Å². The van der Waals surface area contributed by atoms with Crippen LogP contribution >= 0.6 is 11.3 Å². The lowest BCUT2D eigenvalue weighted by Gasteiger charge is -2.03. The van der Waals surface area contributed by atoms with E-state index in [-0.39, 0.29) is 11.7 Å². The van der Waals surface area contributed by atoms with Gasteiger partial charge in [-0.3, -0.25) is 4.79 Å². The summed E-state index contributed by atoms with van der Waals surface area (Å²) in [7, 11) is 0. The second-order valence-corrected chi connectivity index (χ2v) is 5.45. The van der Waals surface area contributed by atoms with E-state index in [1.165, 1.54) is 24.2 Å². The molecule has 0 aliphatic heterocycles. The van der Waals surface area contributed by atoms with Crippen LogP contribution in [0.15, 0.2) is 18.3 Å². The van der Waals surface area contributed by atoms with E-state index in [1.54, 1.807) is 18.3 Å². The second kappa shape index (κ2) is 6.52. The van der Waals surface area contributed by atoms with Gasteiger partial charge >= 0.3 is 0 Å². The van der Waals surface area contributed by atoms with Crippen molar-refractivity contribution in [2.75, 3.05) is 6.54 Å². The molecule has 1 amide bonds. The van der Waals surface area contributed by atoms with Gasteiger partial charge in [-0.15, -0.1) is 11.3 Å².